The number of rotatable bonds is 2. The maximum Gasteiger partial charge on any atom is 0.138 e. The SMILES string of the molecule is CCSc1c(F)ccc(Cl)c1Cl. The lowest BCUT2D eigenvalue weighted by atomic mass is 10.3. The monoisotopic (exact) mass is 224 g/mol. The summed E-state index contributed by atoms with van der Waals surface area (Å²) in [7, 11) is 0. The second-order valence-electron chi connectivity index (χ2n) is 2.11. The van der Waals surface area contributed by atoms with E-state index in [9.17, 15) is 4.39 Å². The molecule has 1 aromatic carbocycles. The molecule has 0 aromatic heterocycles. The van der Waals surface area contributed by atoms with Gasteiger partial charge in [0, 0.05) is 0 Å². The van der Waals surface area contributed by atoms with Gasteiger partial charge < -0.3 is 0 Å². The van der Waals surface area contributed by atoms with Gasteiger partial charge in [-0.1, -0.05) is 30.1 Å². The molecule has 0 saturated carbocycles. The highest BCUT2D eigenvalue weighted by atomic mass is 35.5. The zero-order chi connectivity index (χ0) is 9.14. The molecule has 0 radical (unpaired) electrons. The summed E-state index contributed by atoms with van der Waals surface area (Å²) in [4.78, 5) is 0.437. The number of hydrogen-bond acceptors (Lipinski definition) is 1. The van der Waals surface area contributed by atoms with Crippen LogP contribution in [-0.4, -0.2) is 5.75 Å². The lowest BCUT2D eigenvalue weighted by Crippen LogP contribution is -1.83. The van der Waals surface area contributed by atoms with Crippen LogP contribution >= 0.6 is 35.0 Å². The van der Waals surface area contributed by atoms with Gasteiger partial charge in [0.1, 0.15) is 5.82 Å². The minimum Gasteiger partial charge on any atom is -0.206 e. The Labute approximate surface area is 85.1 Å². The zero-order valence-corrected chi connectivity index (χ0v) is 8.73. The third-order valence-corrected chi connectivity index (χ3v) is 3.18. The molecule has 0 nitrogen and oxygen atoms in total. The molecule has 1 aromatic rings. The summed E-state index contributed by atoms with van der Waals surface area (Å²) in [6.07, 6.45) is 0. The summed E-state index contributed by atoms with van der Waals surface area (Å²) < 4.78 is 13.1. The number of benzene rings is 1. The lowest BCUT2D eigenvalue weighted by Gasteiger charge is -2.04. The first-order valence-corrected chi connectivity index (χ1v) is 5.17. The van der Waals surface area contributed by atoms with Crippen LogP contribution in [0.2, 0.25) is 10.0 Å². The fourth-order valence-electron chi connectivity index (χ4n) is 0.785. The largest absolute Gasteiger partial charge is 0.206 e. The van der Waals surface area contributed by atoms with Crippen LogP contribution in [0, 0.1) is 5.82 Å². The van der Waals surface area contributed by atoms with Crippen LogP contribution in [0.4, 0.5) is 4.39 Å². The van der Waals surface area contributed by atoms with Crippen molar-refractivity contribution in [1.82, 2.24) is 0 Å². The van der Waals surface area contributed by atoms with Crippen molar-refractivity contribution in [2.45, 2.75) is 11.8 Å². The molecular formula is C8H7Cl2FS. The van der Waals surface area contributed by atoms with E-state index in [0.717, 1.165) is 5.75 Å². The topological polar surface area (TPSA) is 0 Å². The zero-order valence-electron chi connectivity index (χ0n) is 6.40. The quantitative estimate of drug-likeness (QED) is 0.535. The summed E-state index contributed by atoms with van der Waals surface area (Å²) in [5, 5.41) is 0.706. The van der Waals surface area contributed by atoms with Gasteiger partial charge in [0.2, 0.25) is 0 Å². The summed E-state index contributed by atoms with van der Waals surface area (Å²) in [5.74, 6) is 0.466. The Morgan fingerprint density at radius 2 is 2.08 bits per heavy atom. The molecule has 66 valence electrons. The van der Waals surface area contributed by atoms with Gasteiger partial charge in [-0.3, -0.25) is 0 Å². The molecule has 4 heteroatoms. The Kier molecular flexibility index (Phi) is 3.69. The van der Waals surface area contributed by atoms with Crippen molar-refractivity contribution in [3.63, 3.8) is 0 Å². The summed E-state index contributed by atoms with van der Waals surface area (Å²) in [5.41, 5.74) is 0. The summed E-state index contributed by atoms with van der Waals surface area (Å²) in [6, 6.07) is 2.78. The standard InChI is InChI=1S/C8H7Cl2FS/c1-2-12-8-6(11)4-3-5(9)7(8)10/h3-4H,2H2,1H3. The second kappa shape index (κ2) is 4.35. The van der Waals surface area contributed by atoms with Crippen molar-refractivity contribution in [3.05, 3.63) is 28.0 Å². The minimum atomic E-state index is -0.309. The maximum atomic E-state index is 13.1. The van der Waals surface area contributed by atoms with Gasteiger partial charge >= 0.3 is 0 Å². The first-order chi connectivity index (χ1) is 5.66. The molecule has 0 heterocycles. The van der Waals surface area contributed by atoms with Crippen molar-refractivity contribution in [1.29, 1.82) is 0 Å². The van der Waals surface area contributed by atoms with Crippen molar-refractivity contribution in [2.24, 2.45) is 0 Å². The van der Waals surface area contributed by atoms with Gasteiger partial charge in [0.05, 0.1) is 14.9 Å². The van der Waals surface area contributed by atoms with Gasteiger partial charge in [-0.2, -0.15) is 0 Å². The van der Waals surface area contributed by atoms with E-state index in [1.165, 1.54) is 23.9 Å². The molecule has 0 fully saturated rings. The Hall–Kier alpha value is 0.0800. The van der Waals surface area contributed by atoms with Crippen LogP contribution in [0.15, 0.2) is 17.0 Å². The number of halogens is 3. The van der Waals surface area contributed by atoms with Gasteiger partial charge in [0.15, 0.2) is 0 Å². The van der Waals surface area contributed by atoms with Crippen LogP contribution in [0.25, 0.3) is 0 Å². The highest BCUT2D eigenvalue weighted by Crippen LogP contribution is 2.34. The van der Waals surface area contributed by atoms with Crippen molar-refractivity contribution in [3.8, 4) is 0 Å². The molecule has 0 atom stereocenters. The molecule has 12 heavy (non-hydrogen) atoms. The van der Waals surface area contributed by atoms with Gasteiger partial charge in [-0.15, -0.1) is 11.8 Å². The van der Waals surface area contributed by atoms with E-state index in [2.05, 4.69) is 0 Å². The Bertz CT molecular complexity index is 289. The maximum absolute atomic E-state index is 13.1. The van der Waals surface area contributed by atoms with Crippen molar-refractivity contribution >= 4 is 35.0 Å². The predicted molar refractivity (Wildman–Crippen MR) is 52.8 cm³/mol. The molecule has 0 bridgehead atoms. The average molecular weight is 225 g/mol. The van der Waals surface area contributed by atoms with Gasteiger partial charge in [0.25, 0.3) is 0 Å². The van der Waals surface area contributed by atoms with E-state index in [1.54, 1.807) is 0 Å². The highest BCUT2D eigenvalue weighted by Gasteiger charge is 2.09. The van der Waals surface area contributed by atoms with Crippen LogP contribution < -0.4 is 0 Å². The number of hydrogen-bond donors (Lipinski definition) is 0. The van der Waals surface area contributed by atoms with E-state index < -0.39 is 0 Å². The lowest BCUT2D eigenvalue weighted by molar-refractivity contribution is 0.602. The van der Waals surface area contributed by atoms with E-state index in [-0.39, 0.29) is 5.82 Å². The molecule has 0 aliphatic heterocycles. The predicted octanol–water partition coefficient (Wildman–Crippen LogP) is 4.24. The van der Waals surface area contributed by atoms with E-state index in [4.69, 9.17) is 23.2 Å². The molecule has 0 N–H and O–H groups in total. The van der Waals surface area contributed by atoms with Crippen molar-refractivity contribution in [2.75, 3.05) is 5.75 Å². The summed E-state index contributed by atoms with van der Waals surface area (Å²) >= 11 is 12.8. The van der Waals surface area contributed by atoms with Gasteiger partial charge in [-0.05, 0) is 17.9 Å². The molecule has 0 saturated heterocycles. The number of thioether (sulfide) groups is 1. The third-order valence-electron chi connectivity index (χ3n) is 1.29. The Balaban J connectivity index is 3.14. The van der Waals surface area contributed by atoms with E-state index in [0.29, 0.717) is 14.9 Å². The first kappa shape index (κ1) is 10.2. The van der Waals surface area contributed by atoms with Crippen LogP contribution in [0.5, 0.6) is 0 Å². The van der Waals surface area contributed by atoms with Gasteiger partial charge in [-0.25, -0.2) is 4.39 Å². The van der Waals surface area contributed by atoms with E-state index in [1.807, 2.05) is 6.92 Å². The smallest absolute Gasteiger partial charge is 0.138 e. The van der Waals surface area contributed by atoms with Crippen LogP contribution in [0.3, 0.4) is 0 Å². The van der Waals surface area contributed by atoms with E-state index >= 15 is 0 Å². The molecule has 0 amide bonds. The first-order valence-electron chi connectivity index (χ1n) is 3.43. The molecular weight excluding hydrogens is 218 g/mol. The molecule has 1 rings (SSSR count). The van der Waals surface area contributed by atoms with Crippen LogP contribution in [-0.2, 0) is 0 Å². The Morgan fingerprint density at radius 1 is 1.42 bits per heavy atom. The fourth-order valence-corrected chi connectivity index (χ4v) is 2.05. The highest BCUT2D eigenvalue weighted by molar-refractivity contribution is 7.99. The third kappa shape index (κ3) is 2.06. The molecule has 0 aliphatic carbocycles. The van der Waals surface area contributed by atoms with Crippen molar-refractivity contribution < 1.29 is 4.39 Å². The normalized spacial score (nSPS) is 10.3. The Morgan fingerprint density at radius 3 is 2.67 bits per heavy atom. The molecule has 0 spiro atoms. The fraction of sp³-hybridized carbons (Fsp3) is 0.250. The molecule has 0 aliphatic rings. The van der Waals surface area contributed by atoms with Crippen LogP contribution in [0.1, 0.15) is 6.92 Å². The summed E-state index contributed by atoms with van der Waals surface area (Å²) in [6.45, 7) is 1.93. The second-order valence-corrected chi connectivity index (χ2v) is 4.16. The average Bonchev–Trinajstić information content (AvgIpc) is 2.06. The minimum absolute atomic E-state index is 0.309. The molecule has 0 unspecified atom stereocenters.